The van der Waals surface area contributed by atoms with E-state index >= 15 is 0 Å². The van der Waals surface area contributed by atoms with Crippen LogP contribution in [0.2, 0.25) is 10.0 Å². The van der Waals surface area contributed by atoms with Crippen molar-refractivity contribution in [1.29, 1.82) is 0 Å². The Hall–Kier alpha value is -2.58. The van der Waals surface area contributed by atoms with Gasteiger partial charge >= 0.3 is 12.3 Å². The molecular weight excluding hydrogens is 449 g/mol. The first-order valence-electron chi connectivity index (χ1n) is 8.57. The Bertz CT molecular complexity index is 1040. The number of allylic oxidation sites excluding steroid dienone is 2. The highest BCUT2D eigenvalue weighted by Gasteiger charge is 2.36. The number of hydrogen-bond acceptors (Lipinski definition) is 2. The summed E-state index contributed by atoms with van der Waals surface area (Å²) < 4.78 is 54.3. The van der Waals surface area contributed by atoms with Gasteiger partial charge in [-0.3, -0.25) is 4.79 Å². The summed E-state index contributed by atoms with van der Waals surface area (Å²) in [5.41, 5.74) is -0.507. The molecule has 1 unspecified atom stereocenters. The highest BCUT2D eigenvalue weighted by atomic mass is 35.5. The van der Waals surface area contributed by atoms with E-state index in [1.54, 1.807) is 0 Å². The summed E-state index contributed by atoms with van der Waals surface area (Å²) in [7, 11) is 0. The van der Waals surface area contributed by atoms with Gasteiger partial charge in [-0.25, -0.2) is 9.18 Å². The molecule has 0 saturated heterocycles. The minimum Gasteiger partial charge on any atom is -0.465 e. The number of carbonyl (C=O) groups is 2. The predicted molar refractivity (Wildman–Crippen MR) is 103 cm³/mol. The number of carboxylic acid groups (broad SMARTS) is 1. The van der Waals surface area contributed by atoms with Crippen molar-refractivity contribution < 1.29 is 32.3 Å². The lowest BCUT2D eigenvalue weighted by Gasteiger charge is -2.14. The summed E-state index contributed by atoms with van der Waals surface area (Å²) in [6.07, 6.45) is -4.75. The SMILES string of the molecule is O=C(O)NC1CCc2cc(C(=O)C=C(c3cc(Cl)c(F)c(Cl)c3)C(F)(F)F)ccc21. The molecule has 1 amide bonds. The van der Waals surface area contributed by atoms with Gasteiger partial charge in [-0.15, -0.1) is 0 Å². The summed E-state index contributed by atoms with van der Waals surface area (Å²) in [5.74, 6) is -1.98. The molecule has 0 aromatic heterocycles. The van der Waals surface area contributed by atoms with Gasteiger partial charge in [0.2, 0.25) is 0 Å². The van der Waals surface area contributed by atoms with Crippen LogP contribution in [-0.2, 0) is 6.42 Å². The fourth-order valence-corrected chi connectivity index (χ4v) is 3.81. The van der Waals surface area contributed by atoms with Crippen LogP contribution in [0.3, 0.4) is 0 Å². The van der Waals surface area contributed by atoms with E-state index in [2.05, 4.69) is 5.32 Å². The van der Waals surface area contributed by atoms with E-state index in [9.17, 15) is 27.2 Å². The summed E-state index contributed by atoms with van der Waals surface area (Å²) in [5, 5.41) is 10.0. The van der Waals surface area contributed by atoms with Crippen molar-refractivity contribution in [2.45, 2.75) is 25.1 Å². The zero-order valence-corrected chi connectivity index (χ0v) is 16.5. The molecule has 10 heteroatoms. The summed E-state index contributed by atoms with van der Waals surface area (Å²) in [6.45, 7) is 0. The number of carbonyl (C=O) groups excluding carboxylic acids is 1. The van der Waals surface area contributed by atoms with Gasteiger partial charge in [0.1, 0.15) is 0 Å². The van der Waals surface area contributed by atoms with Crippen LogP contribution in [0.4, 0.5) is 22.4 Å². The summed E-state index contributed by atoms with van der Waals surface area (Å²) in [4.78, 5) is 23.4. The second-order valence-corrected chi connectivity index (χ2v) is 7.44. The van der Waals surface area contributed by atoms with E-state index in [0.29, 0.717) is 30.0 Å². The minimum absolute atomic E-state index is 0.00535. The fourth-order valence-electron chi connectivity index (χ4n) is 3.32. The van der Waals surface area contributed by atoms with Crippen LogP contribution in [0.25, 0.3) is 5.57 Å². The monoisotopic (exact) mass is 461 g/mol. The lowest BCUT2D eigenvalue weighted by atomic mass is 9.98. The molecule has 158 valence electrons. The number of fused-ring (bicyclic) bond motifs is 1. The number of amides is 1. The third kappa shape index (κ3) is 4.60. The van der Waals surface area contributed by atoms with E-state index in [1.165, 1.54) is 18.2 Å². The quantitative estimate of drug-likeness (QED) is 0.246. The zero-order chi connectivity index (χ0) is 22.2. The third-order valence-electron chi connectivity index (χ3n) is 4.68. The Kier molecular flexibility index (Phi) is 6.10. The first kappa shape index (κ1) is 22.1. The highest BCUT2D eigenvalue weighted by molar-refractivity contribution is 6.35. The van der Waals surface area contributed by atoms with E-state index < -0.39 is 51.1 Å². The van der Waals surface area contributed by atoms with Crippen molar-refractivity contribution in [1.82, 2.24) is 5.32 Å². The van der Waals surface area contributed by atoms with Crippen molar-refractivity contribution in [3.63, 3.8) is 0 Å². The lowest BCUT2D eigenvalue weighted by Crippen LogP contribution is -2.24. The zero-order valence-electron chi connectivity index (χ0n) is 15.0. The van der Waals surface area contributed by atoms with Gasteiger partial charge in [-0.05, 0) is 53.8 Å². The number of halogens is 6. The van der Waals surface area contributed by atoms with Gasteiger partial charge in [0.25, 0.3) is 0 Å². The van der Waals surface area contributed by atoms with Crippen LogP contribution < -0.4 is 5.32 Å². The van der Waals surface area contributed by atoms with Crippen molar-refractivity contribution in [2.24, 2.45) is 0 Å². The van der Waals surface area contributed by atoms with Crippen LogP contribution in [0.5, 0.6) is 0 Å². The fraction of sp³-hybridized carbons (Fsp3) is 0.200. The van der Waals surface area contributed by atoms with E-state index in [1.807, 2.05) is 0 Å². The molecule has 0 bridgehead atoms. The van der Waals surface area contributed by atoms with Gasteiger partial charge in [0, 0.05) is 5.56 Å². The molecule has 0 saturated carbocycles. The Balaban J connectivity index is 1.98. The molecule has 0 heterocycles. The average molecular weight is 462 g/mol. The largest absolute Gasteiger partial charge is 0.465 e. The third-order valence-corrected chi connectivity index (χ3v) is 5.23. The maximum absolute atomic E-state index is 13.6. The molecular formula is C20H13Cl2F4NO3. The molecule has 3 rings (SSSR count). The van der Waals surface area contributed by atoms with Gasteiger partial charge in [0.05, 0.1) is 21.7 Å². The molecule has 0 fully saturated rings. The smallest absolute Gasteiger partial charge is 0.417 e. The number of rotatable bonds is 4. The van der Waals surface area contributed by atoms with E-state index in [-0.39, 0.29) is 5.56 Å². The Morgan fingerprint density at radius 2 is 1.73 bits per heavy atom. The van der Waals surface area contributed by atoms with Gasteiger partial charge in [0.15, 0.2) is 11.6 Å². The molecule has 2 aromatic rings. The molecule has 0 spiro atoms. The predicted octanol–water partition coefficient (Wildman–Crippen LogP) is 6.22. The second kappa shape index (κ2) is 8.28. The molecule has 1 atom stereocenters. The van der Waals surface area contributed by atoms with Crippen LogP contribution in [0, 0.1) is 5.82 Å². The number of nitrogens with one attached hydrogen (secondary N) is 1. The number of hydrogen-bond donors (Lipinski definition) is 2. The van der Waals surface area contributed by atoms with Gasteiger partial charge < -0.3 is 10.4 Å². The maximum atomic E-state index is 13.6. The Labute approximate surface area is 178 Å². The number of ketones is 1. The standard InChI is InChI=1S/C20H13Cl2F4NO3/c21-14-6-11(7-15(22)18(14)23)13(20(24,25)26)8-17(28)10-1-3-12-9(5-10)2-4-16(12)27-19(29)30/h1,3,5-8,16,27H,2,4H2,(H,29,30). The summed E-state index contributed by atoms with van der Waals surface area (Å²) >= 11 is 11.2. The van der Waals surface area contributed by atoms with Crippen molar-refractivity contribution >= 4 is 40.7 Å². The van der Waals surface area contributed by atoms with Crippen molar-refractivity contribution in [3.8, 4) is 0 Å². The molecule has 1 aliphatic rings. The molecule has 0 aliphatic heterocycles. The second-order valence-electron chi connectivity index (χ2n) is 6.63. The van der Waals surface area contributed by atoms with Crippen molar-refractivity contribution in [3.05, 3.63) is 74.5 Å². The van der Waals surface area contributed by atoms with Crippen LogP contribution in [-0.4, -0.2) is 23.2 Å². The molecule has 2 N–H and O–H groups in total. The Morgan fingerprint density at radius 1 is 1.10 bits per heavy atom. The van der Waals surface area contributed by atoms with Crippen LogP contribution in [0.15, 0.2) is 36.4 Å². The number of benzene rings is 2. The normalized spacial score (nSPS) is 16.3. The lowest BCUT2D eigenvalue weighted by molar-refractivity contribution is -0.0689. The maximum Gasteiger partial charge on any atom is 0.417 e. The molecule has 2 aromatic carbocycles. The van der Waals surface area contributed by atoms with E-state index in [0.717, 1.165) is 12.1 Å². The first-order valence-corrected chi connectivity index (χ1v) is 9.33. The van der Waals surface area contributed by atoms with Crippen molar-refractivity contribution in [2.75, 3.05) is 0 Å². The highest BCUT2D eigenvalue weighted by Crippen LogP contribution is 2.38. The first-order chi connectivity index (χ1) is 14.0. The number of alkyl halides is 3. The number of aryl methyl sites for hydroxylation is 1. The van der Waals surface area contributed by atoms with Gasteiger partial charge in [-0.1, -0.05) is 35.3 Å². The van der Waals surface area contributed by atoms with Crippen LogP contribution in [0.1, 0.15) is 39.5 Å². The van der Waals surface area contributed by atoms with Gasteiger partial charge in [-0.2, -0.15) is 13.2 Å². The summed E-state index contributed by atoms with van der Waals surface area (Å²) in [6, 6.07) is 5.35. The topological polar surface area (TPSA) is 66.4 Å². The minimum atomic E-state index is -4.92. The molecule has 4 nitrogen and oxygen atoms in total. The molecule has 1 aliphatic carbocycles. The van der Waals surface area contributed by atoms with Crippen LogP contribution >= 0.6 is 23.2 Å². The Morgan fingerprint density at radius 3 is 2.30 bits per heavy atom. The molecule has 0 radical (unpaired) electrons. The van der Waals surface area contributed by atoms with E-state index in [4.69, 9.17) is 28.3 Å². The average Bonchev–Trinajstić information content (AvgIpc) is 3.04. The molecule has 30 heavy (non-hydrogen) atoms.